The zero-order valence-electron chi connectivity index (χ0n) is 33.2. The molecular formula is C47H42N6O6S2. The van der Waals surface area contributed by atoms with Gasteiger partial charge in [-0.2, -0.15) is 12.7 Å². The van der Waals surface area contributed by atoms with Gasteiger partial charge in [-0.05, 0) is 77.4 Å². The van der Waals surface area contributed by atoms with Crippen LogP contribution in [0.15, 0.2) is 180 Å². The Bertz CT molecular complexity index is 2960. The third-order valence-corrected chi connectivity index (χ3v) is 14.0. The van der Waals surface area contributed by atoms with Crippen LogP contribution in [0.25, 0.3) is 32.3 Å². The van der Waals surface area contributed by atoms with E-state index in [4.69, 9.17) is 4.18 Å². The van der Waals surface area contributed by atoms with Crippen LogP contribution < -0.4 is 9.08 Å². The van der Waals surface area contributed by atoms with E-state index in [0.29, 0.717) is 53.3 Å². The van der Waals surface area contributed by atoms with Gasteiger partial charge in [0.25, 0.3) is 0 Å². The zero-order chi connectivity index (χ0) is 42.4. The Morgan fingerprint density at radius 3 is 1.79 bits per heavy atom. The van der Waals surface area contributed by atoms with Crippen LogP contribution in [-0.4, -0.2) is 86.2 Å². The van der Waals surface area contributed by atoms with E-state index in [-0.39, 0.29) is 27.9 Å². The first-order valence-corrected chi connectivity index (χ1v) is 22.5. The highest BCUT2D eigenvalue weighted by molar-refractivity contribution is 7.89. The molecule has 1 atom stereocenters. The summed E-state index contributed by atoms with van der Waals surface area (Å²) in [6, 6.07) is 38.5. The molecule has 0 aliphatic carbocycles. The van der Waals surface area contributed by atoms with E-state index in [9.17, 15) is 21.6 Å². The molecule has 14 heteroatoms. The highest BCUT2D eigenvalue weighted by atomic mass is 32.2. The molecule has 1 amide bonds. The lowest BCUT2D eigenvalue weighted by Crippen LogP contribution is -2.56. The summed E-state index contributed by atoms with van der Waals surface area (Å²) in [6.07, 6.45) is 9.97. The Morgan fingerprint density at radius 1 is 0.607 bits per heavy atom. The summed E-state index contributed by atoms with van der Waals surface area (Å²) in [4.78, 5) is 30.5. The number of anilines is 1. The molecule has 1 aliphatic rings. The molecule has 308 valence electrons. The van der Waals surface area contributed by atoms with Crippen LogP contribution in [0.2, 0.25) is 0 Å². The fourth-order valence-electron chi connectivity index (χ4n) is 7.46. The summed E-state index contributed by atoms with van der Waals surface area (Å²) in [5, 5.41) is 4.77. The number of piperazine rings is 1. The van der Waals surface area contributed by atoms with E-state index in [1.165, 1.54) is 54.5 Å². The lowest BCUT2D eigenvalue weighted by molar-refractivity contribution is -0.135. The number of amides is 1. The number of pyridine rings is 3. The monoisotopic (exact) mass is 850 g/mol. The van der Waals surface area contributed by atoms with Crippen LogP contribution in [0.5, 0.6) is 5.75 Å². The van der Waals surface area contributed by atoms with Gasteiger partial charge in [-0.1, -0.05) is 78.9 Å². The van der Waals surface area contributed by atoms with Gasteiger partial charge in [0.1, 0.15) is 16.7 Å². The van der Waals surface area contributed by atoms with Crippen LogP contribution >= 0.6 is 0 Å². The molecule has 8 aromatic rings. The largest absolute Gasteiger partial charge is 0.379 e. The van der Waals surface area contributed by atoms with Gasteiger partial charge in [0.15, 0.2) is 0 Å². The average molecular weight is 851 g/mol. The topological polar surface area (TPSA) is 143 Å². The fraction of sp³-hybridized carbons (Fsp3) is 0.149. The first-order chi connectivity index (χ1) is 29.6. The van der Waals surface area contributed by atoms with E-state index in [1.54, 1.807) is 65.8 Å². The molecule has 0 saturated carbocycles. The summed E-state index contributed by atoms with van der Waals surface area (Å²) in [7, 11) is -6.93. The Morgan fingerprint density at radius 2 is 1.15 bits per heavy atom. The predicted molar refractivity (Wildman–Crippen MR) is 237 cm³/mol. The molecule has 4 heterocycles. The lowest BCUT2D eigenvalue weighted by Gasteiger charge is -2.39. The fourth-order valence-corrected chi connectivity index (χ4v) is 10.1. The molecule has 0 bridgehead atoms. The quantitative estimate of drug-likeness (QED) is 0.128. The molecule has 9 rings (SSSR count). The van der Waals surface area contributed by atoms with Crippen molar-refractivity contribution in [2.45, 2.75) is 22.3 Å². The number of aromatic nitrogens is 3. The molecular weight excluding hydrogens is 809 g/mol. The smallest absolute Gasteiger partial charge is 0.339 e. The van der Waals surface area contributed by atoms with E-state index in [2.05, 4.69) is 32.0 Å². The number of carbonyl (C=O) groups excluding carboxylic acids is 1. The Hall–Kier alpha value is -6.74. The van der Waals surface area contributed by atoms with Crippen molar-refractivity contribution in [3.63, 3.8) is 0 Å². The summed E-state index contributed by atoms with van der Waals surface area (Å²) in [6.45, 7) is 2.05. The summed E-state index contributed by atoms with van der Waals surface area (Å²) in [5.74, 6) is -0.237. The van der Waals surface area contributed by atoms with Crippen molar-refractivity contribution >= 4 is 64.1 Å². The first kappa shape index (κ1) is 41.0. The van der Waals surface area contributed by atoms with Crippen LogP contribution in [0.3, 0.4) is 0 Å². The van der Waals surface area contributed by atoms with Crippen molar-refractivity contribution < 1.29 is 25.8 Å². The minimum Gasteiger partial charge on any atom is -0.379 e. The molecule has 3 aromatic heterocycles. The lowest BCUT2D eigenvalue weighted by atomic mass is 10.0. The number of nitrogens with zero attached hydrogens (tertiary/aromatic N) is 6. The number of para-hydroxylation sites is 1. The maximum absolute atomic E-state index is 14.3. The van der Waals surface area contributed by atoms with Gasteiger partial charge in [0.2, 0.25) is 15.9 Å². The van der Waals surface area contributed by atoms with E-state index >= 15 is 0 Å². The first-order valence-electron chi connectivity index (χ1n) is 19.6. The number of benzene rings is 5. The van der Waals surface area contributed by atoms with Crippen LogP contribution in [-0.2, 0) is 31.4 Å². The van der Waals surface area contributed by atoms with Gasteiger partial charge < -0.3 is 14.0 Å². The van der Waals surface area contributed by atoms with Crippen LogP contribution in [0.1, 0.15) is 5.56 Å². The minimum atomic E-state index is -4.19. The maximum atomic E-state index is 14.3. The average Bonchev–Trinajstić information content (AvgIpc) is 3.31. The molecule has 0 unspecified atom stereocenters. The van der Waals surface area contributed by atoms with Crippen molar-refractivity contribution in [2.75, 3.05) is 38.1 Å². The van der Waals surface area contributed by atoms with Crippen LogP contribution in [0, 0.1) is 0 Å². The number of fused-ring (bicyclic) bond motifs is 3. The third kappa shape index (κ3) is 9.06. The van der Waals surface area contributed by atoms with Gasteiger partial charge in [0.05, 0.1) is 4.90 Å². The molecule has 12 nitrogen and oxygen atoms in total. The second-order valence-electron chi connectivity index (χ2n) is 14.5. The minimum absolute atomic E-state index is 0.0144. The number of likely N-dealkylation sites (N-methyl/N-ethyl adjacent to an activating group) is 1. The molecule has 5 aromatic carbocycles. The molecule has 0 N–H and O–H groups in total. The van der Waals surface area contributed by atoms with Crippen molar-refractivity contribution in [2.24, 2.45) is 0 Å². The molecule has 1 saturated heterocycles. The van der Waals surface area contributed by atoms with E-state index < -0.39 is 26.2 Å². The SMILES string of the molecule is CN([C@@H](Cc1ccc(OS(=O)(=O)c2cccc3cnccc23)cc1)C(=O)N1CCN(c2ccccc2)CC1)S(=O)(=O)c1cccc2cnccc12.c1ccc2cnccc2c1. The second-order valence-corrected chi connectivity index (χ2v) is 18.0. The van der Waals surface area contributed by atoms with Crippen LogP contribution in [0.4, 0.5) is 5.69 Å². The van der Waals surface area contributed by atoms with Crippen molar-refractivity contribution in [1.82, 2.24) is 24.2 Å². The summed E-state index contributed by atoms with van der Waals surface area (Å²) < 4.78 is 61.8. The molecule has 1 fully saturated rings. The summed E-state index contributed by atoms with van der Waals surface area (Å²) in [5.41, 5.74) is 1.69. The molecule has 61 heavy (non-hydrogen) atoms. The standard InChI is InChI=1S/C38H35N5O6S2.C9H7N/c1-41(50(45,46)36-11-5-7-29-26-39-19-17-33(29)36)35(38(44)43-23-21-42(22-24-43)31-9-3-2-4-10-31)25-28-13-15-32(16-14-28)49-51(47,48)37-12-6-8-30-27-40-20-18-34(30)37;1-2-4-9-7-10-6-5-8(9)3-1/h2-20,26-27,35H,21-25H2,1H3;1-7H/t35-;/m0./s1. The van der Waals surface area contributed by atoms with Gasteiger partial charge in [0, 0.05) is 97.6 Å². The Kier molecular flexibility index (Phi) is 12.0. The second kappa shape index (κ2) is 17.9. The van der Waals surface area contributed by atoms with E-state index in [0.717, 1.165) is 9.99 Å². The zero-order valence-corrected chi connectivity index (χ0v) is 34.9. The molecule has 1 aliphatic heterocycles. The predicted octanol–water partition coefficient (Wildman–Crippen LogP) is 7.37. The van der Waals surface area contributed by atoms with Gasteiger partial charge in [-0.25, -0.2) is 8.42 Å². The number of carbonyl (C=O) groups is 1. The number of sulfonamides is 1. The normalized spacial score (nSPS) is 13.8. The Balaban J connectivity index is 0.000000447. The maximum Gasteiger partial charge on any atom is 0.339 e. The van der Waals surface area contributed by atoms with E-state index in [1.807, 2.05) is 60.9 Å². The molecule has 0 radical (unpaired) electrons. The Labute approximate surface area is 354 Å². The highest BCUT2D eigenvalue weighted by Gasteiger charge is 2.37. The van der Waals surface area contributed by atoms with Gasteiger partial charge in [-0.3, -0.25) is 19.7 Å². The van der Waals surface area contributed by atoms with Gasteiger partial charge >= 0.3 is 10.1 Å². The number of hydrogen-bond donors (Lipinski definition) is 0. The van der Waals surface area contributed by atoms with Crippen molar-refractivity contribution in [3.05, 3.63) is 176 Å². The number of hydrogen-bond acceptors (Lipinski definition) is 10. The summed E-state index contributed by atoms with van der Waals surface area (Å²) >= 11 is 0. The number of rotatable bonds is 10. The third-order valence-electron chi connectivity index (χ3n) is 10.8. The van der Waals surface area contributed by atoms with Crippen molar-refractivity contribution in [3.8, 4) is 5.75 Å². The van der Waals surface area contributed by atoms with Crippen molar-refractivity contribution in [1.29, 1.82) is 0 Å². The molecule has 0 spiro atoms. The highest BCUT2D eigenvalue weighted by Crippen LogP contribution is 2.29. The van der Waals surface area contributed by atoms with Gasteiger partial charge in [-0.15, -0.1) is 0 Å².